The standard InChI is InChI=1S/C25H21N3O4S/c29-23-14-20(24(30)28(23)19-9-5-2-6-10-19)27(25(33)26-18-7-3-1-4-8-18)15-17-11-12-21-22(13-17)32-16-31-21/h1-13,20H,14-16H2,(H,26,33). The number of anilines is 2. The Morgan fingerprint density at radius 3 is 2.42 bits per heavy atom. The summed E-state index contributed by atoms with van der Waals surface area (Å²) in [5, 5.41) is 3.56. The number of ether oxygens (including phenoxy) is 2. The molecular weight excluding hydrogens is 438 g/mol. The molecule has 5 rings (SSSR count). The van der Waals surface area contributed by atoms with Crippen molar-refractivity contribution >= 4 is 40.5 Å². The van der Waals surface area contributed by atoms with Gasteiger partial charge in [0.15, 0.2) is 16.6 Å². The van der Waals surface area contributed by atoms with Crippen LogP contribution in [-0.2, 0) is 16.1 Å². The number of rotatable bonds is 5. The van der Waals surface area contributed by atoms with E-state index in [9.17, 15) is 9.59 Å². The topological polar surface area (TPSA) is 71.1 Å². The molecule has 33 heavy (non-hydrogen) atoms. The van der Waals surface area contributed by atoms with Gasteiger partial charge in [0.05, 0.1) is 12.1 Å². The molecule has 2 aliphatic heterocycles. The number of carbonyl (C=O) groups is 2. The van der Waals surface area contributed by atoms with Crippen LogP contribution in [0.25, 0.3) is 0 Å². The molecule has 0 aliphatic carbocycles. The number of carbonyl (C=O) groups excluding carboxylic acids is 2. The first-order valence-electron chi connectivity index (χ1n) is 10.5. The molecule has 7 nitrogen and oxygen atoms in total. The van der Waals surface area contributed by atoms with Crippen LogP contribution in [0.5, 0.6) is 11.5 Å². The monoisotopic (exact) mass is 459 g/mol. The van der Waals surface area contributed by atoms with Crippen LogP contribution in [0.1, 0.15) is 12.0 Å². The van der Waals surface area contributed by atoms with E-state index in [0.717, 1.165) is 11.3 Å². The molecule has 3 aromatic carbocycles. The second-order valence-corrected chi connectivity index (χ2v) is 8.12. The van der Waals surface area contributed by atoms with Crippen LogP contribution >= 0.6 is 12.2 Å². The van der Waals surface area contributed by atoms with E-state index in [1.165, 1.54) is 4.90 Å². The highest BCUT2D eigenvalue weighted by atomic mass is 32.1. The van der Waals surface area contributed by atoms with Gasteiger partial charge in [-0.15, -0.1) is 0 Å². The van der Waals surface area contributed by atoms with Gasteiger partial charge in [-0.25, -0.2) is 4.90 Å². The number of nitrogens with one attached hydrogen (secondary N) is 1. The molecule has 1 fully saturated rings. The van der Waals surface area contributed by atoms with Crippen molar-refractivity contribution in [1.29, 1.82) is 0 Å². The first-order valence-corrected chi connectivity index (χ1v) is 10.9. The molecule has 1 unspecified atom stereocenters. The summed E-state index contributed by atoms with van der Waals surface area (Å²) >= 11 is 5.72. The summed E-state index contributed by atoms with van der Waals surface area (Å²) in [6, 6.07) is 23.3. The third-order valence-electron chi connectivity index (χ3n) is 5.59. The van der Waals surface area contributed by atoms with Crippen molar-refractivity contribution in [3.8, 4) is 11.5 Å². The highest BCUT2D eigenvalue weighted by Crippen LogP contribution is 2.34. The number of hydrogen-bond donors (Lipinski definition) is 1. The minimum Gasteiger partial charge on any atom is -0.454 e. The zero-order chi connectivity index (χ0) is 22.8. The van der Waals surface area contributed by atoms with Crippen molar-refractivity contribution in [2.24, 2.45) is 0 Å². The molecule has 3 aromatic rings. The first kappa shape index (κ1) is 21.0. The zero-order valence-corrected chi connectivity index (χ0v) is 18.5. The highest BCUT2D eigenvalue weighted by molar-refractivity contribution is 7.80. The number of imide groups is 1. The highest BCUT2D eigenvalue weighted by Gasteiger charge is 2.43. The Labute approximate surface area is 196 Å². The van der Waals surface area contributed by atoms with E-state index in [2.05, 4.69) is 5.32 Å². The predicted octanol–water partition coefficient (Wildman–Crippen LogP) is 3.95. The summed E-state index contributed by atoms with van der Waals surface area (Å²) in [6.45, 7) is 0.500. The number of amides is 2. The molecule has 0 bridgehead atoms. The Morgan fingerprint density at radius 1 is 0.970 bits per heavy atom. The lowest BCUT2D eigenvalue weighted by Gasteiger charge is -2.30. The Morgan fingerprint density at radius 2 is 1.67 bits per heavy atom. The minimum absolute atomic E-state index is 0.0366. The summed E-state index contributed by atoms with van der Waals surface area (Å²) in [6.07, 6.45) is 0.0366. The van der Waals surface area contributed by atoms with Gasteiger partial charge in [-0.3, -0.25) is 9.59 Å². The molecule has 2 aliphatic rings. The van der Waals surface area contributed by atoms with Crippen LogP contribution in [-0.4, -0.2) is 34.7 Å². The normalized spacial score (nSPS) is 16.7. The average molecular weight is 460 g/mol. The van der Waals surface area contributed by atoms with Gasteiger partial charge in [0.2, 0.25) is 12.7 Å². The molecule has 1 N–H and O–H groups in total. The van der Waals surface area contributed by atoms with Gasteiger partial charge in [0, 0.05) is 12.2 Å². The smallest absolute Gasteiger partial charge is 0.257 e. The average Bonchev–Trinajstić information content (AvgIpc) is 3.42. The van der Waals surface area contributed by atoms with E-state index in [0.29, 0.717) is 28.8 Å². The van der Waals surface area contributed by atoms with Crippen LogP contribution in [0.2, 0.25) is 0 Å². The number of para-hydroxylation sites is 2. The second kappa shape index (κ2) is 8.91. The van der Waals surface area contributed by atoms with Gasteiger partial charge < -0.3 is 19.7 Å². The zero-order valence-electron chi connectivity index (χ0n) is 17.6. The summed E-state index contributed by atoms with van der Waals surface area (Å²) in [7, 11) is 0. The molecule has 1 atom stereocenters. The van der Waals surface area contributed by atoms with E-state index in [4.69, 9.17) is 21.7 Å². The van der Waals surface area contributed by atoms with Gasteiger partial charge in [-0.05, 0) is 54.2 Å². The summed E-state index contributed by atoms with van der Waals surface area (Å²) in [5.41, 5.74) is 2.24. The first-order chi connectivity index (χ1) is 16.1. The molecule has 8 heteroatoms. The lowest BCUT2D eigenvalue weighted by Crippen LogP contribution is -2.46. The summed E-state index contributed by atoms with van der Waals surface area (Å²) in [4.78, 5) is 29.3. The molecule has 166 valence electrons. The Kier molecular flexibility index (Phi) is 5.66. The predicted molar refractivity (Wildman–Crippen MR) is 128 cm³/mol. The van der Waals surface area contributed by atoms with Crippen LogP contribution in [0.4, 0.5) is 11.4 Å². The number of nitrogens with zero attached hydrogens (tertiary/aromatic N) is 2. The Bertz CT molecular complexity index is 1200. The van der Waals surface area contributed by atoms with Crippen LogP contribution in [0, 0.1) is 0 Å². The van der Waals surface area contributed by atoms with Crippen molar-refractivity contribution in [1.82, 2.24) is 4.90 Å². The maximum absolute atomic E-state index is 13.4. The van der Waals surface area contributed by atoms with Crippen molar-refractivity contribution in [2.45, 2.75) is 19.0 Å². The Hall–Kier alpha value is -3.91. The molecule has 0 aromatic heterocycles. The molecule has 2 amide bonds. The lowest BCUT2D eigenvalue weighted by atomic mass is 10.1. The van der Waals surface area contributed by atoms with E-state index in [1.807, 2.05) is 54.6 Å². The van der Waals surface area contributed by atoms with Crippen molar-refractivity contribution in [3.05, 3.63) is 84.4 Å². The van der Waals surface area contributed by atoms with Gasteiger partial charge in [0.25, 0.3) is 5.91 Å². The van der Waals surface area contributed by atoms with Gasteiger partial charge in [-0.1, -0.05) is 42.5 Å². The molecular formula is C25H21N3O4S. The maximum Gasteiger partial charge on any atom is 0.257 e. The third kappa shape index (κ3) is 4.25. The van der Waals surface area contributed by atoms with E-state index < -0.39 is 6.04 Å². The second-order valence-electron chi connectivity index (χ2n) is 7.73. The fourth-order valence-electron chi connectivity index (χ4n) is 3.98. The molecule has 1 saturated heterocycles. The van der Waals surface area contributed by atoms with Crippen molar-refractivity contribution in [3.63, 3.8) is 0 Å². The van der Waals surface area contributed by atoms with Gasteiger partial charge >= 0.3 is 0 Å². The SMILES string of the molecule is O=C1CC(N(Cc2ccc3c(c2)OCO3)C(=S)Nc2ccccc2)C(=O)N1c1ccccc1. The quantitative estimate of drug-likeness (QED) is 0.458. The maximum atomic E-state index is 13.4. The van der Waals surface area contributed by atoms with Gasteiger partial charge in [0.1, 0.15) is 6.04 Å². The third-order valence-corrected chi connectivity index (χ3v) is 5.93. The number of fused-ring (bicyclic) bond motifs is 1. The van der Waals surface area contributed by atoms with Crippen LogP contribution in [0.3, 0.4) is 0 Å². The lowest BCUT2D eigenvalue weighted by molar-refractivity contribution is -0.122. The fraction of sp³-hybridized carbons (Fsp3) is 0.160. The van der Waals surface area contributed by atoms with E-state index >= 15 is 0 Å². The van der Waals surface area contributed by atoms with E-state index in [1.54, 1.807) is 29.2 Å². The number of hydrogen-bond acceptors (Lipinski definition) is 5. The minimum atomic E-state index is -0.730. The molecule has 0 spiro atoms. The largest absolute Gasteiger partial charge is 0.454 e. The van der Waals surface area contributed by atoms with E-state index in [-0.39, 0.29) is 25.0 Å². The Balaban J connectivity index is 1.45. The van der Waals surface area contributed by atoms with Crippen molar-refractivity contribution in [2.75, 3.05) is 17.0 Å². The fourth-order valence-corrected chi connectivity index (χ4v) is 4.29. The number of thiocarbonyl (C=S) groups is 1. The van der Waals surface area contributed by atoms with Crippen LogP contribution < -0.4 is 19.7 Å². The van der Waals surface area contributed by atoms with Gasteiger partial charge in [-0.2, -0.15) is 0 Å². The van der Waals surface area contributed by atoms with Crippen LogP contribution in [0.15, 0.2) is 78.9 Å². The summed E-state index contributed by atoms with van der Waals surface area (Å²) in [5.74, 6) is 0.769. The summed E-state index contributed by atoms with van der Waals surface area (Å²) < 4.78 is 10.9. The molecule has 2 heterocycles. The molecule has 0 radical (unpaired) electrons. The number of benzene rings is 3. The molecule has 0 saturated carbocycles. The van der Waals surface area contributed by atoms with Crippen molar-refractivity contribution < 1.29 is 19.1 Å².